The van der Waals surface area contributed by atoms with E-state index >= 15 is 0 Å². The Balaban J connectivity index is 2.06. The second-order valence-corrected chi connectivity index (χ2v) is 6.01. The van der Waals surface area contributed by atoms with Gasteiger partial charge >= 0.3 is 0 Å². The van der Waals surface area contributed by atoms with Gasteiger partial charge in [0, 0.05) is 6.42 Å². The standard InChI is InChI=1S/C17H23ClO3/c1-20-15-11-9-13(17(21-2)16(15)18)14(19)10-8-12-6-4-3-5-7-12/h9,11-12H,3-8,10H2,1-2H3. The van der Waals surface area contributed by atoms with E-state index in [1.807, 2.05) is 0 Å². The molecule has 4 heteroatoms. The second kappa shape index (κ2) is 7.69. The number of methoxy groups -OCH3 is 2. The Morgan fingerprint density at radius 1 is 1.19 bits per heavy atom. The van der Waals surface area contributed by atoms with E-state index in [1.165, 1.54) is 39.2 Å². The van der Waals surface area contributed by atoms with Gasteiger partial charge in [-0.15, -0.1) is 0 Å². The summed E-state index contributed by atoms with van der Waals surface area (Å²) in [5, 5.41) is 0.364. The van der Waals surface area contributed by atoms with E-state index in [0.717, 1.165) is 6.42 Å². The van der Waals surface area contributed by atoms with Gasteiger partial charge in [0.1, 0.15) is 10.8 Å². The highest BCUT2D eigenvalue weighted by Crippen LogP contribution is 2.38. The van der Waals surface area contributed by atoms with Gasteiger partial charge in [0.05, 0.1) is 19.8 Å². The Morgan fingerprint density at radius 2 is 1.90 bits per heavy atom. The van der Waals surface area contributed by atoms with Crippen LogP contribution in [0.2, 0.25) is 5.02 Å². The lowest BCUT2D eigenvalue weighted by atomic mass is 9.85. The summed E-state index contributed by atoms with van der Waals surface area (Å²) in [7, 11) is 3.07. The number of ether oxygens (including phenoxy) is 2. The van der Waals surface area contributed by atoms with Crippen LogP contribution in [-0.2, 0) is 0 Å². The van der Waals surface area contributed by atoms with Gasteiger partial charge < -0.3 is 9.47 Å². The minimum absolute atomic E-state index is 0.0991. The van der Waals surface area contributed by atoms with Crippen molar-refractivity contribution >= 4 is 17.4 Å². The maximum atomic E-state index is 12.4. The third-order valence-electron chi connectivity index (χ3n) is 4.29. The zero-order valence-corrected chi connectivity index (χ0v) is 13.5. The monoisotopic (exact) mass is 310 g/mol. The number of carbonyl (C=O) groups is 1. The van der Waals surface area contributed by atoms with Crippen molar-refractivity contribution in [3.8, 4) is 11.5 Å². The lowest BCUT2D eigenvalue weighted by Crippen LogP contribution is -2.10. The predicted molar refractivity (Wildman–Crippen MR) is 84.7 cm³/mol. The molecule has 116 valence electrons. The van der Waals surface area contributed by atoms with E-state index < -0.39 is 0 Å². The van der Waals surface area contributed by atoms with E-state index in [9.17, 15) is 4.79 Å². The molecule has 1 aliphatic carbocycles. The van der Waals surface area contributed by atoms with Crippen LogP contribution in [0, 0.1) is 5.92 Å². The van der Waals surface area contributed by atoms with Crippen LogP contribution in [0.3, 0.4) is 0 Å². The summed E-state index contributed by atoms with van der Waals surface area (Å²) in [5.74, 6) is 1.74. The normalized spacial score (nSPS) is 15.8. The summed E-state index contributed by atoms with van der Waals surface area (Å²) >= 11 is 6.20. The zero-order chi connectivity index (χ0) is 15.2. The minimum atomic E-state index is 0.0991. The first-order valence-electron chi connectivity index (χ1n) is 7.61. The van der Waals surface area contributed by atoms with Crippen LogP contribution < -0.4 is 9.47 Å². The first-order valence-corrected chi connectivity index (χ1v) is 7.98. The molecule has 21 heavy (non-hydrogen) atoms. The summed E-state index contributed by atoms with van der Waals surface area (Å²) in [5.41, 5.74) is 0.555. The predicted octanol–water partition coefficient (Wildman–Crippen LogP) is 4.90. The molecule has 0 spiro atoms. The maximum Gasteiger partial charge on any atom is 0.166 e. The van der Waals surface area contributed by atoms with E-state index in [4.69, 9.17) is 21.1 Å². The van der Waals surface area contributed by atoms with E-state index in [2.05, 4.69) is 0 Å². The van der Waals surface area contributed by atoms with E-state index in [0.29, 0.717) is 34.4 Å². The lowest BCUT2D eigenvalue weighted by molar-refractivity contribution is 0.0967. The van der Waals surface area contributed by atoms with Crippen LogP contribution in [0.5, 0.6) is 11.5 Å². The van der Waals surface area contributed by atoms with E-state index in [-0.39, 0.29) is 5.78 Å². The highest BCUT2D eigenvalue weighted by atomic mass is 35.5. The zero-order valence-electron chi connectivity index (χ0n) is 12.8. The molecule has 1 aromatic rings. The van der Waals surface area contributed by atoms with Crippen LogP contribution in [0.15, 0.2) is 12.1 Å². The van der Waals surface area contributed by atoms with Gasteiger partial charge in [0.2, 0.25) is 0 Å². The van der Waals surface area contributed by atoms with Crippen molar-refractivity contribution in [3.63, 3.8) is 0 Å². The Labute approximate surface area is 131 Å². The third kappa shape index (κ3) is 3.91. The summed E-state index contributed by atoms with van der Waals surface area (Å²) < 4.78 is 10.5. The summed E-state index contributed by atoms with van der Waals surface area (Å²) in [4.78, 5) is 12.4. The third-order valence-corrected chi connectivity index (χ3v) is 4.65. The molecule has 0 amide bonds. The molecule has 2 rings (SSSR count). The van der Waals surface area contributed by atoms with Gasteiger partial charge in [0.15, 0.2) is 11.5 Å². The summed E-state index contributed by atoms with van der Waals surface area (Å²) in [6, 6.07) is 3.46. The van der Waals surface area contributed by atoms with Gasteiger partial charge in [-0.2, -0.15) is 0 Å². The van der Waals surface area contributed by atoms with Gasteiger partial charge in [-0.25, -0.2) is 0 Å². The van der Waals surface area contributed by atoms with Crippen LogP contribution >= 0.6 is 11.6 Å². The van der Waals surface area contributed by atoms with Gasteiger partial charge in [-0.05, 0) is 24.5 Å². The number of rotatable bonds is 6. The Morgan fingerprint density at radius 3 is 2.52 bits per heavy atom. The molecule has 0 aliphatic heterocycles. The first kappa shape index (κ1) is 16.2. The average molecular weight is 311 g/mol. The fraction of sp³-hybridized carbons (Fsp3) is 0.588. The molecule has 0 aromatic heterocycles. The average Bonchev–Trinajstić information content (AvgIpc) is 2.53. The number of hydrogen-bond acceptors (Lipinski definition) is 3. The summed E-state index contributed by atoms with van der Waals surface area (Å²) in [6.07, 6.45) is 7.98. The Kier molecular flexibility index (Phi) is 5.92. The summed E-state index contributed by atoms with van der Waals surface area (Å²) in [6.45, 7) is 0. The fourth-order valence-corrected chi connectivity index (χ4v) is 3.38. The SMILES string of the molecule is COc1ccc(C(=O)CCC2CCCCC2)c(OC)c1Cl. The highest BCUT2D eigenvalue weighted by Gasteiger charge is 2.20. The van der Waals surface area contributed by atoms with Gasteiger partial charge in [-0.3, -0.25) is 4.79 Å². The first-order chi connectivity index (χ1) is 10.2. The molecule has 3 nitrogen and oxygen atoms in total. The number of Topliss-reactive ketones (excluding diaryl/α,β-unsaturated/α-hetero) is 1. The van der Waals surface area contributed by atoms with Crippen molar-refractivity contribution in [1.82, 2.24) is 0 Å². The molecular formula is C17H23ClO3. The second-order valence-electron chi connectivity index (χ2n) is 5.63. The van der Waals surface area contributed by atoms with Gasteiger partial charge in [-0.1, -0.05) is 43.7 Å². The number of benzene rings is 1. The van der Waals surface area contributed by atoms with Crippen molar-refractivity contribution in [2.24, 2.45) is 5.92 Å². The van der Waals surface area contributed by atoms with Crippen LogP contribution in [0.4, 0.5) is 0 Å². The van der Waals surface area contributed by atoms with Crippen molar-refractivity contribution in [1.29, 1.82) is 0 Å². The molecule has 0 saturated heterocycles. The molecule has 0 heterocycles. The molecule has 1 saturated carbocycles. The Bertz CT molecular complexity index is 493. The number of hydrogen-bond donors (Lipinski definition) is 0. The molecule has 0 unspecified atom stereocenters. The topological polar surface area (TPSA) is 35.5 Å². The van der Waals surface area contributed by atoms with Crippen LogP contribution in [0.1, 0.15) is 55.3 Å². The number of halogens is 1. The van der Waals surface area contributed by atoms with Crippen molar-refractivity contribution in [3.05, 3.63) is 22.7 Å². The lowest BCUT2D eigenvalue weighted by Gasteiger charge is -2.21. The highest BCUT2D eigenvalue weighted by molar-refractivity contribution is 6.34. The van der Waals surface area contributed by atoms with Crippen molar-refractivity contribution in [2.45, 2.75) is 44.9 Å². The van der Waals surface area contributed by atoms with Crippen LogP contribution in [0.25, 0.3) is 0 Å². The van der Waals surface area contributed by atoms with E-state index in [1.54, 1.807) is 19.2 Å². The quantitative estimate of drug-likeness (QED) is 0.701. The molecule has 0 atom stereocenters. The molecule has 1 fully saturated rings. The Hall–Kier alpha value is -1.22. The number of carbonyl (C=O) groups excluding carboxylic acids is 1. The largest absolute Gasteiger partial charge is 0.495 e. The van der Waals surface area contributed by atoms with Gasteiger partial charge in [0.25, 0.3) is 0 Å². The van der Waals surface area contributed by atoms with Crippen molar-refractivity contribution in [2.75, 3.05) is 14.2 Å². The molecule has 1 aliphatic rings. The maximum absolute atomic E-state index is 12.4. The molecule has 1 aromatic carbocycles. The smallest absolute Gasteiger partial charge is 0.166 e. The molecule has 0 bridgehead atoms. The molecule has 0 radical (unpaired) electrons. The molecule has 0 N–H and O–H groups in total. The van der Waals surface area contributed by atoms with Crippen molar-refractivity contribution < 1.29 is 14.3 Å². The van der Waals surface area contributed by atoms with Crippen LogP contribution in [-0.4, -0.2) is 20.0 Å². The fourth-order valence-electron chi connectivity index (χ4n) is 3.06. The molecular weight excluding hydrogens is 288 g/mol. The minimum Gasteiger partial charge on any atom is -0.495 e. The number of ketones is 1.